The topological polar surface area (TPSA) is 80.9 Å². The van der Waals surface area contributed by atoms with Crippen molar-refractivity contribution < 1.29 is 4.79 Å². The van der Waals surface area contributed by atoms with Crippen LogP contribution < -0.4 is 11.1 Å². The van der Waals surface area contributed by atoms with E-state index < -0.39 is 0 Å². The number of amides is 1. The largest absolute Gasteiger partial charge is 0.328 e. The van der Waals surface area contributed by atoms with Gasteiger partial charge in [0.05, 0.1) is 0 Å². The summed E-state index contributed by atoms with van der Waals surface area (Å²) in [7, 11) is 0. The van der Waals surface area contributed by atoms with Crippen molar-refractivity contribution in [3.05, 3.63) is 29.3 Å². The summed E-state index contributed by atoms with van der Waals surface area (Å²) < 4.78 is 0. The number of nitrogens with zero attached hydrogens (tertiary/aromatic N) is 2. The summed E-state index contributed by atoms with van der Waals surface area (Å²) in [4.78, 5) is 11.7. The Balaban J connectivity index is 2.00. The highest BCUT2D eigenvalue weighted by Crippen LogP contribution is 2.28. The molecular weight excluding hydrogens is 296 g/mol. The summed E-state index contributed by atoms with van der Waals surface area (Å²) in [6.07, 6.45) is 1.02. The van der Waals surface area contributed by atoms with Crippen LogP contribution in [0.25, 0.3) is 10.6 Å². The van der Waals surface area contributed by atoms with Crippen LogP contribution >= 0.6 is 22.9 Å². The zero-order chi connectivity index (χ0) is 14.5. The lowest BCUT2D eigenvalue weighted by Crippen LogP contribution is -2.19. The highest BCUT2D eigenvalue weighted by Gasteiger charge is 2.10. The molecule has 0 spiro atoms. The van der Waals surface area contributed by atoms with Gasteiger partial charge in [0.1, 0.15) is 5.01 Å². The van der Waals surface area contributed by atoms with Gasteiger partial charge in [-0.1, -0.05) is 35.1 Å². The van der Waals surface area contributed by atoms with Gasteiger partial charge in [0.15, 0.2) is 0 Å². The molecule has 1 unspecified atom stereocenters. The second-order valence-corrected chi connectivity index (χ2v) is 5.90. The maximum atomic E-state index is 11.7. The van der Waals surface area contributed by atoms with Crippen molar-refractivity contribution in [2.45, 2.75) is 25.8 Å². The molecule has 1 atom stereocenters. The average Bonchev–Trinajstić information content (AvgIpc) is 2.85. The fourth-order valence-corrected chi connectivity index (χ4v) is 2.50. The first kappa shape index (κ1) is 14.9. The zero-order valence-corrected chi connectivity index (χ0v) is 12.5. The summed E-state index contributed by atoms with van der Waals surface area (Å²) in [6.45, 7) is 1.87. The van der Waals surface area contributed by atoms with Crippen molar-refractivity contribution in [3.63, 3.8) is 0 Å². The van der Waals surface area contributed by atoms with Gasteiger partial charge in [-0.3, -0.25) is 4.79 Å². The molecule has 0 saturated heterocycles. The maximum Gasteiger partial charge on any atom is 0.226 e. The van der Waals surface area contributed by atoms with E-state index in [0.29, 0.717) is 23.0 Å². The smallest absolute Gasteiger partial charge is 0.226 e. The number of aromatic nitrogens is 2. The van der Waals surface area contributed by atoms with E-state index in [1.165, 1.54) is 11.3 Å². The van der Waals surface area contributed by atoms with E-state index in [0.717, 1.165) is 10.6 Å². The van der Waals surface area contributed by atoms with Gasteiger partial charge < -0.3 is 11.1 Å². The molecule has 0 fully saturated rings. The van der Waals surface area contributed by atoms with Gasteiger partial charge in [0, 0.05) is 23.0 Å². The summed E-state index contributed by atoms with van der Waals surface area (Å²) in [5, 5.41) is 12.6. The number of nitrogens with one attached hydrogen (secondary N) is 1. The molecule has 1 aromatic heterocycles. The number of nitrogens with two attached hydrogens (primary N) is 1. The number of anilines is 1. The first-order valence-electron chi connectivity index (χ1n) is 6.19. The van der Waals surface area contributed by atoms with E-state index in [9.17, 15) is 4.79 Å². The Labute approximate surface area is 126 Å². The van der Waals surface area contributed by atoms with Crippen LogP contribution in [0.4, 0.5) is 5.13 Å². The normalized spacial score (nSPS) is 12.2. The van der Waals surface area contributed by atoms with Crippen LogP contribution in [0, 0.1) is 0 Å². The van der Waals surface area contributed by atoms with Crippen LogP contribution in [0.2, 0.25) is 5.02 Å². The van der Waals surface area contributed by atoms with Gasteiger partial charge >= 0.3 is 0 Å². The molecule has 3 N–H and O–H groups in total. The fourth-order valence-electron chi connectivity index (χ4n) is 1.55. The third-order valence-electron chi connectivity index (χ3n) is 2.57. The average molecular weight is 311 g/mol. The van der Waals surface area contributed by atoms with Crippen molar-refractivity contribution in [1.29, 1.82) is 0 Å². The number of carbonyl (C=O) groups is 1. The molecule has 2 rings (SSSR count). The third kappa shape index (κ3) is 4.26. The van der Waals surface area contributed by atoms with Crippen LogP contribution in [0.15, 0.2) is 24.3 Å². The molecular formula is C13H15ClN4OS. The number of carbonyl (C=O) groups excluding carboxylic acids is 1. The molecule has 2 aromatic rings. The van der Waals surface area contributed by atoms with Gasteiger partial charge in [0.2, 0.25) is 11.0 Å². The van der Waals surface area contributed by atoms with Gasteiger partial charge in [-0.05, 0) is 25.5 Å². The predicted molar refractivity (Wildman–Crippen MR) is 81.9 cm³/mol. The minimum Gasteiger partial charge on any atom is -0.328 e. The first-order valence-corrected chi connectivity index (χ1v) is 7.39. The third-order valence-corrected chi connectivity index (χ3v) is 3.69. The minimum atomic E-state index is -0.101. The number of benzene rings is 1. The fraction of sp³-hybridized carbons (Fsp3) is 0.308. The van der Waals surface area contributed by atoms with Gasteiger partial charge in [0.25, 0.3) is 0 Å². The second kappa shape index (κ2) is 6.78. The van der Waals surface area contributed by atoms with Gasteiger partial charge in [-0.2, -0.15) is 0 Å². The standard InChI is InChI=1S/C13H15ClN4OS/c1-8(15)5-6-11(19)16-13-18-17-12(20-13)9-3-2-4-10(14)7-9/h2-4,7-8H,5-6,15H2,1H3,(H,16,18,19). The van der Waals surface area contributed by atoms with Crippen LogP contribution in [0.1, 0.15) is 19.8 Å². The second-order valence-electron chi connectivity index (χ2n) is 4.49. The number of halogens is 1. The molecule has 0 aliphatic carbocycles. The molecule has 1 amide bonds. The number of rotatable bonds is 5. The van der Waals surface area contributed by atoms with Crippen LogP contribution in [-0.4, -0.2) is 22.1 Å². The summed E-state index contributed by atoms with van der Waals surface area (Å²) in [5.41, 5.74) is 6.49. The van der Waals surface area contributed by atoms with Crippen molar-refractivity contribution in [3.8, 4) is 10.6 Å². The lowest BCUT2D eigenvalue weighted by Gasteiger charge is -2.03. The summed E-state index contributed by atoms with van der Waals surface area (Å²) in [6, 6.07) is 7.36. The monoisotopic (exact) mass is 310 g/mol. The Kier molecular flexibility index (Phi) is 5.05. The van der Waals surface area contributed by atoms with Gasteiger partial charge in [-0.15, -0.1) is 10.2 Å². The van der Waals surface area contributed by atoms with Crippen molar-refractivity contribution in [2.75, 3.05) is 5.32 Å². The van der Waals surface area contributed by atoms with Crippen molar-refractivity contribution in [2.24, 2.45) is 5.73 Å². The lowest BCUT2D eigenvalue weighted by atomic mass is 10.2. The predicted octanol–water partition coefficient (Wildman–Crippen LogP) is 2.92. The Morgan fingerprint density at radius 1 is 1.50 bits per heavy atom. The summed E-state index contributed by atoms with van der Waals surface area (Å²) in [5.74, 6) is -0.101. The zero-order valence-electron chi connectivity index (χ0n) is 11.0. The molecule has 106 valence electrons. The SMILES string of the molecule is CC(N)CCC(=O)Nc1nnc(-c2cccc(Cl)c2)s1. The lowest BCUT2D eigenvalue weighted by molar-refractivity contribution is -0.116. The van der Waals surface area contributed by atoms with Crippen molar-refractivity contribution in [1.82, 2.24) is 10.2 Å². The first-order chi connectivity index (χ1) is 9.54. The molecule has 0 radical (unpaired) electrons. The molecule has 20 heavy (non-hydrogen) atoms. The van der Waals surface area contributed by atoms with E-state index in [2.05, 4.69) is 15.5 Å². The molecule has 0 bridgehead atoms. The maximum absolute atomic E-state index is 11.7. The number of hydrogen-bond acceptors (Lipinski definition) is 5. The van der Waals surface area contributed by atoms with Crippen molar-refractivity contribution >= 4 is 34.0 Å². The van der Waals surface area contributed by atoms with Gasteiger partial charge in [-0.25, -0.2) is 0 Å². The highest BCUT2D eigenvalue weighted by atomic mass is 35.5. The van der Waals surface area contributed by atoms with E-state index in [1.54, 1.807) is 6.07 Å². The van der Waals surface area contributed by atoms with E-state index in [-0.39, 0.29) is 11.9 Å². The van der Waals surface area contributed by atoms with E-state index >= 15 is 0 Å². The highest BCUT2D eigenvalue weighted by molar-refractivity contribution is 7.18. The van der Waals surface area contributed by atoms with E-state index in [4.69, 9.17) is 17.3 Å². The Morgan fingerprint density at radius 3 is 3.00 bits per heavy atom. The van der Waals surface area contributed by atoms with E-state index in [1.807, 2.05) is 25.1 Å². The van der Waals surface area contributed by atoms with Crippen LogP contribution in [-0.2, 0) is 4.79 Å². The Bertz CT molecular complexity index is 600. The molecule has 5 nitrogen and oxygen atoms in total. The molecule has 1 heterocycles. The molecule has 0 aliphatic heterocycles. The molecule has 0 aliphatic rings. The van der Waals surface area contributed by atoms with Crippen LogP contribution in [0.5, 0.6) is 0 Å². The van der Waals surface area contributed by atoms with Crippen LogP contribution in [0.3, 0.4) is 0 Å². The molecule has 1 aromatic carbocycles. The molecule has 7 heteroatoms. The summed E-state index contributed by atoms with van der Waals surface area (Å²) >= 11 is 7.24. The molecule has 0 saturated carbocycles. The number of hydrogen-bond donors (Lipinski definition) is 2. The quantitative estimate of drug-likeness (QED) is 0.889. The Hall–Kier alpha value is -1.50. The minimum absolute atomic E-state index is 0.0113. The Morgan fingerprint density at radius 2 is 2.30 bits per heavy atom.